The lowest BCUT2D eigenvalue weighted by Gasteiger charge is -2.02. The molecular weight excluding hydrogens is 427 g/mol. The van der Waals surface area contributed by atoms with E-state index < -0.39 is 0 Å². The summed E-state index contributed by atoms with van der Waals surface area (Å²) in [5.41, 5.74) is 2.31. The van der Waals surface area contributed by atoms with Crippen LogP contribution in [0.2, 0.25) is 5.02 Å². The van der Waals surface area contributed by atoms with E-state index in [-0.39, 0.29) is 11.7 Å². The Labute approximate surface area is 162 Å². The van der Waals surface area contributed by atoms with Gasteiger partial charge in [-0.1, -0.05) is 17.7 Å². The highest BCUT2D eigenvalue weighted by Gasteiger charge is 2.13. The van der Waals surface area contributed by atoms with Crippen LogP contribution >= 0.6 is 38.9 Å². The zero-order chi connectivity index (χ0) is 18.0. The normalized spacial score (nSPS) is 10.7. The van der Waals surface area contributed by atoms with E-state index in [1.165, 1.54) is 35.6 Å². The molecule has 7 heteroatoms. The number of hydrogen-bond donors (Lipinski definition) is 1. The summed E-state index contributed by atoms with van der Waals surface area (Å²) < 4.78 is 13.8. The lowest BCUT2D eigenvalue weighted by Crippen LogP contribution is -2.11. The van der Waals surface area contributed by atoms with Gasteiger partial charge in [0.1, 0.15) is 5.82 Å². The van der Waals surface area contributed by atoms with E-state index in [2.05, 4.69) is 26.2 Å². The van der Waals surface area contributed by atoms with Crippen LogP contribution in [0.1, 0.15) is 26.5 Å². The molecule has 0 atom stereocenters. The molecule has 0 aliphatic rings. The van der Waals surface area contributed by atoms with Crippen molar-refractivity contribution < 1.29 is 9.18 Å². The van der Waals surface area contributed by atoms with Crippen LogP contribution in [0.25, 0.3) is 0 Å². The van der Waals surface area contributed by atoms with Gasteiger partial charge in [0.05, 0.1) is 10.7 Å². The fourth-order valence-corrected chi connectivity index (χ4v) is 3.69. The van der Waals surface area contributed by atoms with E-state index >= 15 is 0 Å². The number of benzene rings is 2. The zero-order valence-corrected chi connectivity index (χ0v) is 16.3. The van der Waals surface area contributed by atoms with Gasteiger partial charge in [0.2, 0.25) is 0 Å². The maximum Gasteiger partial charge on any atom is 0.257 e. The van der Waals surface area contributed by atoms with Crippen LogP contribution in [-0.2, 0) is 6.42 Å². The van der Waals surface area contributed by atoms with Crippen LogP contribution in [-0.4, -0.2) is 10.9 Å². The van der Waals surface area contributed by atoms with Crippen molar-refractivity contribution in [1.82, 2.24) is 4.98 Å². The average molecular weight is 440 g/mol. The highest BCUT2D eigenvalue weighted by atomic mass is 79.9. The second-order valence-electron chi connectivity index (χ2n) is 5.41. The number of nitrogens with one attached hydrogen (secondary N) is 1. The number of hydrogen-bond acceptors (Lipinski definition) is 3. The molecule has 0 aliphatic heterocycles. The van der Waals surface area contributed by atoms with Crippen LogP contribution in [0.4, 0.5) is 9.52 Å². The molecule has 3 nitrogen and oxygen atoms in total. The van der Waals surface area contributed by atoms with Crippen molar-refractivity contribution in [1.29, 1.82) is 0 Å². The molecule has 1 N–H and O–H groups in total. The Balaban J connectivity index is 1.74. The Bertz CT molecular complexity index is 927. The Morgan fingerprint density at radius 3 is 2.68 bits per heavy atom. The van der Waals surface area contributed by atoms with E-state index in [9.17, 15) is 9.18 Å². The van der Waals surface area contributed by atoms with Crippen molar-refractivity contribution in [3.8, 4) is 0 Å². The number of anilines is 1. The number of aromatic nitrogens is 1. The van der Waals surface area contributed by atoms with Gasteiger partial charge in [-0.05, 0) is 64.8 Å². The van der Waals surface area contributed by atoms with Gasteiger partial charge < -0.3 is 0 Å². The molecule has 0 fully saturated rings. The number of carbonyl (C=O) groups is 1. The molecule has 0 saturated carbocycles. The van der Waals surface area contributed by atoms with Gasteiger partial charge in [-0.2, -0.15) is 0 Å². The predicted octanol–water partition coefficient (Wildman–Crippen LogP) is 5.85. The molecule has 1 heterocycles. The number of carbonyl (C=O) groups excluding carboxylic acids is 1. The summed E-state index contributed by atoms with van der Waals surface area (Å²) in [6.07, 6.45) is 0.683. The summed E-state index contributed by atoms with van der Waals surface area (Å²) in [6.45, 7) is 1.90. The summed E-state index contributed by atoms with van der Waals surface area (Å²) >= 11 is 10.9. The van der Waals surface area contributed by atoms with Crippen LogP contribution in [0.3, 0.4) is 0 Å². The molecule has 0 aliphatic carbocycles. The van der Waals surface area contributed by atoms with Crippen molar-refractivity contribution in [3.63, 3.8) is 0 Å². The number of thiazole rings is 1. The Morgan fingerprint density at radius 1 is 1.28 bits per heavy atom. The summed E-state index contributed by atoms with van der Waals surface area (Å²) in [5, 5.41) is 3.93. The monoisotopic (exact) mass is 438 g/mol. The number of amides is 1. The first-order valence-corrected chi connectivity index (χ1v) is 9.38. The molecule has 0 unspecified atom stereocenters. The second kappa shape index (κ2) is 7.64. The first-order valence-electron chi connectivity index (χ1n) is 7.39. The molecule has 1 aromatic heterocycles. The van der Waals surface area contributed by atoms with Gasteiger partial charge in [0.15, 0.2) is 5.13 Å². The molecule has 0 saturated heterocycles. The SMILES string of the molecule is Cc1nc(NC(=O)c2ccc(F)cc2)sc1Cc1ccc(Br)c(Cl)c1. The molecule has 0 bridgehead atoms. The van der Waals surface area contributed by atoms with Crippen molar-refractivity contribution in [3.05, 3.63) is 79.5 Å². The van der Waals surface area contributed by atoms with Gasteiger partial charge >= 0.3 is 0 Å². The number of halogens is 3. The van der Waals surface area contributed by atoms with Crippen LogP contribution < -0.4 is 5.32 Å². The van der Waals surface area contributed by atoms with Crippen molar-refractivity contribution in [2.45, 2.75) is 13.3 Å². The Morgan fingerprint density at radius 2 is 2.00 bits per heavy atom. The molecule has 3 rings (SSSR count). The lowest BCUT2D eigenvalue weighted by atomic mass is 10.1. The molecule has 1 amide bonds. The summed E-state index contributed by atoms with van der Waals surface area (Å²) in [5.74, 6) is -0.691. The number of rotatable bonds is 4. The quantitative estimate of drug-likeness (QED) is 0.554. The van der Waals surface area contributed by atoms with Crippen molar-refractivity contribution in [2.24, 2.45) is 0 Å². The summed E-state index contributed by atoms with van der Waals surface area (Å²) in [6, 6.07) is 11.2. The van der Waals surface area contributed by atoms with Gasteiger partial charge in [-0.3, -0.25) is 10.1 Å². The first kappa shape index (κ1) is 18.0. The third-order valence-electron chi connectivity index (χ3n) is 3.57. The minimum atomic E-state index is -0.378. The Kier molecular flexibility index (Phi) is 5.51. The van der Waals surface area contributed by atoms with Crippen molar-refractivity contribution >= 4 is 49.9 Å². The van der Waals surface area contributed by atoms with Gasteiger partial charge in [-0.15, -0.1) is 11.3 Å². The third-order valence-corrected chi connectivity index (χ3v) is 5.87. The standard InChI is InChI=1S/C18H13BrClFN2OS/c1-10-16(9-11-2-7-14(19)15(20)8-11)25-18(22-10)23-17(24)12-3-5-13(21)6-4-12/h2-8H,9H2,1H3,(H,22,23,24). The van der Waals surface area contributed by atoms with E-state index in [1.807, 2.05) is 25.1 Å². The van der Waals surface area contributed by atoms with Crippen LogP contribution in [0, 0.1) is 12.7 Å². The van der Waals surface area contributed by atoms with Crippen LogP contribution in [0.5, 0.6) is 0 Å². The molecule has 0 radical (unpaired) electrons. The van der Waals surface area contributed by atoms with E-state index in [0.717, 1.165) is 20.6 Å². The smallest absolute Gasteiger partial charge is 0.257 e. The van der Waals surface area contributed by atoms with Gasteiger partial charge in [0.25, 0.3) is 5.91 Å². The molecule has 0 spiro atoms. The van der Waals surface area contributed by atoms with E-state index in [0.29, 0.717) is 22.1 Å². The maximum atomic E-state index is 12.9. The average Bonchev–Trinajstić information content (AvgIpc) is 2.91. The largest absolute Gasteiger partial charge is 0.298 e. The minimum absolute atomic E-state index is 0.313. The Hall–Kier alpha value is -1.76. The predicted molar refractivity (Wildman–Crippen MR) is 103 cm³/mol. The topological polar surface area (TPSA) is 42.0 Å². The maximum absolute atomic E-state index is 12.9. The fourth-order valence-electron chi connectivity index (χ4n) is 2.25. The third kappa shape index (κ3) is 4.45. The second-order valence-corrected chi connectivity index (χ2v) is 7.76. The van der Waals surface area contributed by atoms with Crippen LogP contribution in [0.15, 0.2) is 46.9 Å². The molecule has 128 valence electrons. The minimum Gasteiger partial charge on any atom is -0.298 e. The highest BCUT2D eigenvalue weighted by Crippen LogP contribution is 2.28. The molecule has 3 aromatic rings. The van der Waals surface area contributed by atoms with Crippen molar-refractivity contribution in [2.75, 3.05) is 5.32 Å². The highest BCUT2D eigenvalue weighted by molar-refractivity contribution is 9.10. The number of nitrogens with zero attached hydrogens (tertiary/aromatic N) is 1. The van der Waals surface area contributed by atoms with E-state index in [1.54, 1.807) is 0 Å². The van der Waals surface area contributed by atoms with E-state index in [4.69, 9.17) is 11.6 Å². The first-order chi connectivity index (χ1) is 11.9. The molecular formula is C18H13BrClFN2OS. The zero-order valence-electron chi connectivity index (χ0n) is 13.1. The lowest BCUT2D eigenvalue weighted by molar-refractivity contribution is 0.102. The summed E-state index contributed by atoms with van der Waals surface area (Å²) in [7, 11) is 0. The van der Waals surface area contributed by atoms with Gasteiger partial charge in [-0.25, -0.2) is 9.37 Å². The summed E-state index contributed by atoms with van der Waals surface area (Å²) in [4.78, 5) is 17.6. The molecule has 2 aromatic carbocycles. The van der Waals surface area contributed by atoms with Gasteiger partial charge in [0, 0.05) is 21.3 Å². The number of aryl methyl sites for hydroxylation is 1. The fraction of sp³-hybridized carbons (Fsp3) is 0.111. The molecule has 25 heavy (non-hydrogen) atoms.